The Labute approximate surface area is 338 Å². The van der Waals surface area contributed by atoms with Crippen LogP contribution < -0.4 is 5.56 Å². The molecule has 1 heterocycles. The molecule has 0 aliphatic heterocycles. The number of halogens is 6. The number of aliphatic carboxylic acids is 2. The molecule has 0 fully saturated rings. The van der Waals surface area contributed by atoms with Crippen molar-refractivity contribution in [2.75, 3.05) is 26.2 Å². The predicted octanol–water partition coefficient (Wildman–Crippen LogP) is 5.38. The summed E-state index contributed by atoms with van der Waals surface area (Å²) in [5.74, 6) is -8.11. The Balaban J connectivity index is 0.000000680. The van der Waals surface area contributed by atoms with Crippen LogP contribution in [0.3, 0.4) is 0 Å². The van der Waals surface area contributed by atoms with Crippen molar-refractivity contribution in [1.29, 1.82) is 0 Å². The molecular formula is C40H42F6N4O8S. The second-order valence-corrected chi connectivity index (χ2v) is 14.3. The summed E-state index contributed by atoms with van der Waals surface area (Å²) >= 11 is 0.975. The van der Waals surface area contributed by atoms with Crippen molar-refractivity contribution in [2.24, 2.45) is 0 Å². The number of hydrogen-bond donors (Lipinski definition) is 4. The summed E-state index contributed by atoms with van der Waals surface area (Å²) < 4.78 is 82.6. The van der Waals surface area contributed by atoms with Crippen molar-refractivity contribution in [2.45, 2.75) is 75.5 Å². The van der Waals surface area contributed by atoms with Crippen molar-refractivity contribution in [3.8, 4) is 11.1 Å². The second-order valence-electron chi connectivity index (χ2n) is 13.4. The van der Waals surface area contributed by atoms with E-state index in [1.54, 1.807) is 21.6 Å². The van der Waals surface area contributed by atoms with Crippen LogP contribution in [0, 0.1) is 17.5 Å². The van der Waals surface area contributed by atoms with E-state index in [0.717, 1.165) is 60.2 Å². The van der Waals surface area contributed by atoms with Gasteiger partial charge in [-0.05, 0) is 67.2 Å². The lowest BCUT2D eigenvalue weighted by molar-refractivity contribution is -0.165. The Morgan fingerprint density at radius 1 is 0.831 bits per heavy atom. The van der Waals surface area contributed by atoms with Gasteiger partial charge >= 0.3 is 18.1 Å². The Bertz CT molecular complexity index is 2150. The first-order valence-corrected chi connectivity index (χ1v) is 19.3. The number of aliphatic hydroxyl groups is 2. The van der Waals surface area contributed by atoms with Crippen LogP contribution in [0.1, 0.15) is 48.2 Å². The van der Waals surface area contributed by atoms with E-state index in [1.165, 1.54) is 12.1 Å². The molecular weight excluding hydrogens is 811 g/mol. The molecule has 318 valence electrons. The minimum Gasteiger partial charge on any atom is -0.479 e. The number of benzene rings is 3. The number of carboxylic acids is 2. The normalized spacial score (nSPS) is 13.3. The number of alkyl halides is 3. The molecule has 0 saturated heterocycles. The van der Waals surface area contributed by atoms with E-state index >= 15 is 0 Å². The first kappa shape index (κ1) is 46.4. The van der Waals surface area contributed by atoms with Gasteiger partial charge in [0.2, 0.25) is 5.91 Å². The van der Waals surface area contributed by atoms with Crippen LogP contribution in [0.5, 0.6) is 0 Å². The molecule has 5 rings (SSSR count). The Morgan fingerprint density at radius 2 is 1.41 bits per heavy atom. The molecule has 12 nitrogen and oxygen atoms in total. The molecule has 2 atom stereocenters. The number of carbonyl (C=O) groups is 3. The Hall–Kier alpha value is -5.24. The monoisotopic (exact) mass is 852 g/mol. The zero-order valence-electron chi connectivity index (χ0n) is 31.9. The molecule has 0 unspecified atom stereocenters. The molecule has 1 aliphatic rings. The highest BCUT2D eigenvalue weighted by Gasteiger charge is 2.31. The van der Waals surface area contributed by atoms with Crippen molar-refractivity contribution in [1.82, 2.24) is 19.4 Å². The number of thioether (sulfide) groups is 1. The molecule has 1 aliphatic carbocycles. The third-order valence-corrected chi connectivity index (χ3v) is 10.6. The van der Waals surface area contributed by atoms with Gasteiger partial charge in [0.15, 0.2) is 34.8 Å². The summed E-state index contributed by atoms with van der Waals surface area (Å²) in [4.78, 5) is 54.6. The van der Waals surface area contributed by atoms with Gasteiger partial charge in [-0.25, -0.2) is 22.8 Å². The molecule has 1 amide bonds. The molecule has 3 aromatic carbocycles. The third kappa shape index (κ3) is 12.2. The van der Waals surface area contributed by atoms with Crippen molar-refractivity contribution in [3.63, 3.8) is 0 Å². The van der Waals surface area contributed by atoms with Gasteiger partial charge in [0.1, 0.15) is 6.54 Å². The van der Waals surface area contributed by atoms with E-state index in [4.69, 9.17) is 20.4 Å². The van der Waals surface area contributed by atoms with E-state index in [-0.39, 0.29) is 35.5 Å². The number of aliphatic hydroxyl groups excluding tert-OH is 2. The number of amides is 1. The largest absolute Gasteiger partial charge is 0.479 e. The maximum absolute atomic E-state index is 14.5. The standard InChI is InChI=1S/C36H36F6N4O2S.C4H6O6/c1-3-44(4-2)18-19-45(20-23-8-10-24(11-9-23)25-12-15-27(16-13-25)36(40,41)42)31(47)21-46-30-7-5-6-28(30)34(48)43-35(46)49-22-26-14-17-29(37)33(39)32(26)38;5-1(3(7)8)2(6)4(9)10/h8-17H,3-7,18-22H2,1-2H3;1-2,5-6H,(H,7,8)(H,9,10)/t;1-,2-/m.1/s1. The summed E-state index contributed by atoms with van der Waals surface area (Å²) in [6, 6.07) is 14.2. The molecule has 0 radical (unpaired) electrons. The smallest absolute Gasteiger partial charge is 0.416 e. The van der Waals surface area contributed by atoms with Crippen LogP contribution >= 0.6 is 11.8 Å². The van der Waals surface area contributed by atoms with E-state index in [1.807, 2.05) is 26.0 Å². The van der Waals surface area contributed by atoms with Gasteiger partial charge in [-0.3, -0.25) is 9.59 Å². The van der Waals surface area contributed by atoms with Crippen LogP contribution in [-0.2, 0) is 52.2 Å². The number of likely N-dealkylation sites (N-methyl/N-ethyl adjacent to an activating group) is 1. The SMILES string of the molecule is CCN(CC)CCN(Cc1ccc(-c2ccc(C(F)(F)F)cc2)cc1)C(=O)Cn1c(SCc2ccc(F)c(F)c2F)nc(=O)c2c1CCC2.O=C(O)[C@H](O)[C@@H](O)C(=O)O. The fourth-order valence-electron chi connectivity index (χ4n) is 6.15. The topological polar surface area (TPSA) is 174 Å². The summed E-state index contributed by atoms with van der Waals surface area (Å²) in [6.07, 6.45) is -7.17. The van der Waals surface area contributed by atoms with Gasteiger partial charge in [-0.15, -0.1) is 0 Å². The fourth-order valence-corrected chi connectivity index (χ4v) is 7.14. The highest BCUT2D eigenvalue weighted by molar-refractivity contribution is 7.98. The number of carbonyl (C=O) groups excluding carboxylic acids is 1. The fraction of sp³-hybridized carbons (Fsp3) is 0.375. The highest BCUT2D eigenvalue weighted by atomic mass is 32.2. The van der Waals surface area contributed by atoms with Gasteiger partial charge in [0, 0.05) is 42.2 Å². The van der Waals surface area contributed by atoms with E-state index in [2.05, 4.69) is 9.88 Å². The Kier molecular flexibility index (Phi) is 16.2. The van der Waals surface area contributed by atoms with Gasteiger partial charge in [-0.2, -0.15) is 18.2 Å². The molecule has 4 aromatic rings. The number of carboxylic acid groups (broad SMARTS) is 2. The van der Waals surface area contributed by atoms with E-state index in [9.17, 15) is 45.5 Å². The second kappa shape index (κ2) is 20.6. The minimum atomic E-state index is -4.42. The molecule has 19 heteroatoms. The van der Waals surface area contributed by atoms with Crippen LogP contribution in [0.25, 0.3) is 11.1 Å². The van der Waals surface area contributed by atoms with Crippen LogP contribution in [0.2, 0.25) is 0 Å². The van der Waals surface area contributed by atoms with Crippen LogP contribution in [-0.4, -0.2) is 96.0 Å². The maximum atomic E-state index is 14.5. The number of nitrogens with zero attached hydrogens (tertiary/aromatic N) is 4. The van der Waals surface area contributed by atoms with Crippen molar-refractivity contribution >= 4 is 29.6 Å². The predicted molar refractivity (Wildman–Crippen MR) is 204 cm³/mol. The number of aromatic nitrogens is 2. The molecule has 4 N–H and O–H groups in total. The van der Waals surface area contributed by atoms with Gasteiger partial charge < -0.3 is 34.8 Å². The average Bonchev–Trinajstić information content (AvgIpc) is 3.71. The quantitative estimate of drug-likeness (QED) is 0.0494. The third-order valence-electron chi connectivity index (χ3n) is 9.58. The van der Waals surface area contributed by atoms with E-state index < -0.39 is 58.9 Å². The number of hydrogen-bond acceptors (Lipinski definition) is 9. The summed E-state index contributed by atoms with van der Waals surface area (Å²) in [6.45, 7) is 6.78. The van der Waals surface area contributed by atoms with E-state index in [0.29, 0.717) is 49.2 Å². The lowest BCUT2D eigenvalue weighted by Gasteiger charge is -2.28. The maximum Gasteiger partial charge on any atom is 0.416 e. The summed E-state index contributed by atoms with van der Waals surface area (Å²) in [7, 11) is 0. The zero-order valence-corrected chi connectivity index (χ0v) is 32.7. The van der Waals surface area contributed by atoms with Gasteiger partial charge in [-0.1, -0.05) is 68.1 Å². The van der Waals surface area contributed by atoms with Crippen LogP contribution in [0.4, 0.5) is 26.3 Å². The summed E-state index contributed by atoms with van der Waals surface area (Å²) in [5, 5.41) is 32.7. The zero-order chi connectivity index (χ0) is 43.6. The minimum absolute atomic E-state index is 0.0999. The Morgan fingerprint density at radius 3 is 1.95 bits per heavy atom. The molecule has 0 saturated carbocycles. The lowest BCUT2D eigenvalue weighted by Crippen LogP contribution is -2.40. The van der Waals surface area contributed by atoms with Gasteiger partial charge in [0.05, 0.1) is 5.56 Å². The molecule has 0 bridgehead atoms. The lowest BCUT2D eigenvalue weighted by atomic mass is 10.0. The number of rotatable bonds is 16. The van der Waals surface area contributed by atoms with Crippen molar-refractivity contribution in [3.05, 3.63) is 116 Å². The van der Waals surface area contributed by atoms with Crippen molar-refractivity contribution < 1.29 is 61.2 Å². The van der Waals surface area contributed by atoms with Crippen LogP contribution in [0.15, 0.2) is 70.6 Å². The molecule has 59 heavy (non-hydrogen) atoms. The molecule has 0 spiro atoms. The highest BCUT2D eigenvalue weighted by Crippen LogP contribution is 2.32. The number of fused-ring (bicyclic) bond motifs is 1. The van der Waals surface area contributed by atoms with Gasteiger partial charge in [0.25, 0.3) is 5.56 Å². The average molecular weight is 853 g/mol. The molecule has 1 aromatic heterocycles. The first-order valence-electron chi connectivity index (χ1n) is 18.3. The summed E-state index contributed by atoms with van der Waals surface area (Å²) in [5.41, 5.74) is 2.14. The first-order chi connectivity index (χ1) is 27.9.